The van der Waals surface area contributed by atoms with Crippen molar-refractivity contribution in [3.63, 3.8) is 0 Å². The molecule has 1 unspecified atom stereocenters. The molecule has 0 spiro atoms. The summed E-state index contributed by atoms with van der Waals surface area (Å²) in [5.74, 6) is 0. The summed E-state index contributed by atoms with van der Waals surface area (Å²) in [5.41, 5.74) is 5.68. The van der Waals surface area contributed by atoms with E-state index >= 15 is 0 Å². The average molecular weight is 303 g/mol. The third kappa shape index (κ3) is 4.33. The average Bonchev–Trinajstić information content (AvgIpc) is 2.92. The number of methoxy groups -OCH3 is 1. The lowest BCUT2D eigenvalue weighted by atomic mass is 10.1. The van der Waals surface area contributed by atoms with E-state index in [1.807, 2.05) is 0 Å². The van der Waals surface area contributed by atoms with E-state index in [4.69, 9.17) is 16.3 Å². The Kier molecular flexibility index (Phi) is 6.28. The molecule has 21 heavy (non-hydrogen) atoms. The number of alkyl halides is 1. The van der Waals surface area contributed by atoms with Gasteiger partial charge in [0.2, 0.25) is 0 Å². The zero-order chi connectivity index (χ0) is 15.1. The van der Waals surface area contributed by atoms with Gasteiger partial charge < -0.3 is 4.74 Å². The first-order chi connectivity index (χ1) is 10.3. The predicted molar refractivity (Wildman–Crippen MR) is 90.9 cm³/mol. The van der Waals surface area contributed by atoms with Gasteiger partial charge in [-0.25, -0.2) is 0 Å². The highest BCUT2D eigenvalue weighted by Crippen LogP contribution is 2.35. The number of rotatable bonds is 4. The number of unbranched alkanes of at least 4 members (excludes halogenated alkanes) is 1. The second-order valence-electron chi connectivity index (χ2n) is 5.28. The van der Waals surface area contributed by atoms with Crippen LogP contribution in [0.25, 0.3) is 11.1 Å². The number of hydrogen-bond acceptors (Lipinski definition) is 1. The highest BCUT2D eigenvalue weighted by molar-refractivity contribution is 6.19. The first-order valence-corrected chi connectivity index (χ1v) is 8.03. The lowest BCUT2D eigenvalue weighted by Crippen LogP contribution is -1.99. The van der Waals surface area contributed by atoms with Crippen LogP contribution in [0.5, 0.6) is 0 Å². The fraction of sp³-hybridized carbons (Fsp3) is 0.368. The molecule has 112 valence electrons. The Bertz CT molecular complexity index is 521. The highest BCUT2D eigenvalue weighted by atomic mass is 35.5. The number of ether oxygens (including phenoxy) is 1. The van der Waals surface area contributed by atoms with Crippen LogP contribution in [0.2, 0.25) is 0 Å². The van der Waals surface area contributed by atoms with E-state index in [-0.39, 0.29) is 5.56 Å². The standard InChI is InChI=1S/C13H10.C6H13ClO/c1-3-7-12-10(5-1)9-11-6-2-4-8-13(11)12;1-3-4-5-6(7)8-2/h1-8H,9H2;6H,3-5H2,1-2H3. The largest absolute Gasteiger partial charge is 0.366 e. The second-order valence-corrected chi connectivity index (χ2v) is 5.77. The van der Waals surface area contributed by atoms with Gasteiger partial charge in [0.1, 0.15) is 5.56 Å². The van der Waals surface area contributed by atoms with Crippen molar-refractivity contribution in [2.24, 2.45) is 0 Å². The van der Waals surface area contributed by atoms with Gasteiger partial charge in [0.25, 0.3) is 0 Å². The van der Waals surface area contributed by atoms with Crippen molar-refractivity contribution in [1.82, 2.24) is 0 Å². The minimum atomic E-state index is -0.0741. The van der Waals surface area contributed by atoms with E-state index in [0.29, 0.717) is 0 Å². The summed E-state index contributed by atoms with van der Waals surface area (Å²) in [6.07, 6.45) is 4.41. The quantitative estimate of drug-likeness (QED) is 0.566. The Morgan fingerprint density at radius 2 is 1.52 bits per heavy atom. The molecule has 0 radical (unpaired) electrons. The van der Waals surface area contributed by atoms with Gasteiger partial charge >= 0.3 is 0 Å². The molecular weight excluding hydrogens is 280 g/mol. The molecule has 2 aromatic carbocycles. The Labute approximate surface area is 132 Å². The number of halogens is 1. The van der Waals surface area contributed by atoms with E-state index in [0.717, 1.165) is 19.3 Å². The van der Waals surface area contributed by atoms with Crippen molar-refractivity contribution in [2.45, 2.75) is 38.2 Å². The summed E-state index contributed by atoms with van der Waals surface area (Å²) in [6.45, 7) is 2.14. The van der Waals surface area contributed by atoms with Crippen molar-refractivity contribution in [1.29, 1.82) is 0 Å². The van der Waals surface area contributed by atoms with Gasteiger partial charge in [-0.2, -0.15) is 0 Å². The molecular formula is C19H23ClO. The van der Waals surface area contributed by atoms with Crippen molar-refractivity contribution < 1.29 is 4.74 Å². The van der Waals surface area contributed by atoms with Gasteiger partial charge in [-0.3, -0.25) is 0 Å². The fourth-order valence-electron chi connectivity index (χ4n) is 2.56. The molecule has 3 rings (SSSR count). The van der Waals surface area contributed by atoms with Gasteiger partial charge in [0, 0.05) is 7.11 Å². The SMILES string of the molecule is CCCCC(Cl)OC.c1ccc2c(c1)Cc1ccccc1-2. The summed E-state index contributed by atoms with van der Waals surface area (Å²) in [7, 11) is 1.63. The third-order valence-corrected chi connectivity index (χ3v) is 4.14. The number of fused-ring (bicyclic) bond motifs is 3. The summed E-state index contributed by atoms with van der Waals surface area (Å²) in [4.78, 5) is 0. The minimum absolute atomic E-state index is 0.0741. The molecule has 1 atom stereocenters. The van der Waals surface area contributed by atoms with Crippen LogP contribution in [-0.4, -0.2) is 12.7 Å². The molecule has 0 N–H and O–H groups in total. The Hall–Kier alpha value is -1.31. The predicted octanol–water partition coefficient (Wildman–Crippen LogP) is 5.65. The lowest BCUT2D eigenvalue weighted by Gasteiger charge is -2.03. The molecule has 0 bridgehead atoms. The molecule has 0 fully saturated rings. The fourth-order valence-corrected chi connectivity index (χ4v) is 2.72. The summed E-state index contributed by atoms with van der Waals surface area (Å²) in [5, 5.41) is 0. The van der Waals surface area contributed by atoms with Crippen LogP contribution in [0.4, 0.5) is 0 Å². The van der Waals surface area contributed by atoms with Crippen LogP contribution in [0, 0.1) is 0 Å². The normalized spacial score (nSPS) is 12.9. The Morgan fingerprint density at radius 1 is 1.00 bits per heavy atom. The molecule has 0 saturated heterocycles. The second kappa shape index (κ2) is 8.21. The van der Waals surface area contributed by atoms with Crippen molar-refractivity contribution >= 4 is 11.6 Å². The molecule has 0 aromatic heterocycles. The maximum Gasteiger partial charge on any atom is 0.130 e. The van der Waals surface area contributed by atoms with Gasteiger partial charge in [-0.05, 0) is 41.5 Å². The molecule has 1 aliphatic rings. The van der Waals surface area contributed by atoms with E-state index < -0.39 is 0 Å². The van der Waals surface area contributed by atoms with Crippen LogP contribution in [0.15, 0.2) is 48.5 Å². The molecule has 1 aliphatic carbocycles. The van der Waals surface area contributed by atoms with E-state index in [2.05, 4.69) is 55.5 Å². The molecule has 0 amide bonds. The van der Waals surface area contributed by atoms with Crippen molar-refractivity contribution in [2.75, 3.05) is 7.11 Å². The van der Waals surface area contributed by atoms with Gasteiger partial charge in [0.15, 0.2) is 0 Å². The maximum atomic E-state index is 5.62. The van der Waals surface area contributed by atoms with E-state index in [1.54, 1.807) is 7.11 Å². The van der Waals surface area contributed by atoms with Crippen LogP contribution in [-0.2, 0) is 11.2 Å². The molecule has 2 heteroatoms. The molecule has 0 aliphatic heterocycles. The molecule has 0 heterocycles. The highest BCUT2D eigenvalue weighted by Gasteiger charge is 2.15. The summed E-state index contributed by atoms with van der Waals surface area (Å²) in [6, 6.07) is 17.3. The smallest absolute Gasteiger partial charge is 0.130 e. The topological polar surface area (TPSA) is 9.23 Å². The van der Waals surface area contributed by atoms with Crippen molar-refractivity contribution in [3.8, 4) is 11.1 Å². The van der Waals surface area contributed by atoms with E-state index in [1.165, 1.54) is 28.7 Å². The number of hydrogen-bond donors (Lipinski definition) is 0. The van der Waals surface area contributed by atoms with Crippen LogP contribution < -0.4 is 0 Å². The molecule has 2 aromatic rings. The maximum absolute atomic E-state index is 5.62. The zero-order valence-electron chi connectivity index (χ0n) is 12.8. The minimum Gasteiger partial charge on any atom is -0.366 e. The van der Waals surface area contributed by atoms with Crippen LogP contribution in [0.1, 0.15) is 37.3 Å². The number of benzene rings is 2. The summed E-state index contributed by atoms with van der Waals surface area (Å²) >= 11 is 5.62. The zero-order valence-corrected chi connectivity index (χ0v) is 13.6. The lowest BCUT2D eigenvalue weighted by molar-refractivity contribution is 0.158. The monoisotopic (exact) mass is 302 g/mol. The summed E-state index contributed by atoms with van der Waals surface area (Å²) < 4.78 is 4.82. The molecule has 1 nitrogen and oxygen atoms in total. The first kappa shape index (κ1) is 16.1. The van der Waals surface area contributed by atoms with Crippen LogP contribution in [0.3, 0.4) is 0 Å². The first-order valence-electron chi connectivity index (χ1n) is 7.59. The Balaban J connectivity index is 0.000000177. The van der Waals surface area contributed by atoms with E-state index in [9.17, 15) is 0 Å². The van der Waals surface area contributed by atoms with Gasteiger partial charge in [0.05, 0.1) is 0 Å². The Morgan fingerprint density at radius 3 is 2.00 bits per heavy atom. The van der Waals surface area contributed by atoms with Gasteiger partial charge in [-0.15, -0.1) is 0 Å². The third-order valence-electron chi connectivity index (χ3n) is 3.75. The molecule has 0 saturated carbocycles. The van der Waals surface area contributed by atoms with Gasteiger partial charge in [-0.1, -0.05) is 73.5 Å². The van der Waals surface area contributed by atoms with Crippen molar-refractivity contribution in [3.05, 3.63) is 59.7 Å². The van der Waals surface area contributed by atoms with Crippen LogP contribution >= 0.6 is 11.6 Å².